The highest BCUT2D eigenvalue weighted by molar-refractivity contribution is 6.17. The van der Waals surface area contributed by atoms with Gasteiger partial charge in [-0.2, -0.15) is 5.10 Å². The number of hydrogen-bond donors (Lipinski definition) is 0. The summed E-state index contributed by atoms with van der Waals surface area (Å²) in [5, 5.41) is 16.2. The maximum Gasteiger partial charge on any atom is 0.269 e. The molecule has 0 aliphatic heterocycles. The van der Waals surface area contributed by atoms with Gasteiger partial charge in [0.1, 0.15) is 0 Å². The number of nitro groups is 1. The van der Waals surface area contributed by atoms with Crippen molar-refractivity contribution in [3.8, 4) is 5.69 Å². The molecule has 0 amide bonds. The monoisotopic (exact) mass is 287 g/mol. The molecule has 2 aromatic carbocycles. The van der Waals surface area contributed by atoms with Gasteiger partial charge < -0.3 is 0 Å². The van der Waals surface area contributed by atoms with Gasteiger partial charge in [0, 0.05) is 23.4 Å². The molecular formula is C14H10ClN3O2. The average molecular weight is 288 g/mol. The molecule has 100 valence electrons. The van der Waals surface area contributed by atoms with Gasteiger partial charge in [0.25, 0.3) is 5.69 Å². The van der Waals surface area contributed by atoms with Crippen LogP contribution in [0.25, 0.3) is 16.6 Å². The van der Waals surface area contributed by atoms with Crippen LogP contribution in [0.4, 0.5) is 5.69 Å². The number of para-hydroxylation sites is 1. The van der Waals surface area contributed by atoms with Gasteiger partial charge in [0.05, 0.1) is 22.3 Å². The van der Waals surface area contributed by atoms with Crippen LogP contribution in [-0.4, -0.2) is 14.7 Å². The number of aromatic nitrogens is 2. The van der Waals surface area contributed by atoms with E-state index >= 15 is 0 Å². The Kier molecular flexibility index (Phi) is 3.12. The van der Waals surface area contributed by atoms with E-state index in [0.29, 0.717) is 5.56 Å². The van der Waals surface area contributed by atoms with E-state index in [1.165, 1.54) is 12.1 Å². The standard InChI is InChI=1S/C14H10ClN3O2/c15-8-11-7-12(18(19)20)5-6-14(11)17-13-4-2-1-3-10(13)9-16-17/h1-7,9H,8H2. The molecule has 0 saturated carbocycles. The van der Waals surface area contributed by atoms with Crippen molar-refractivity contribution in [1.82, 2.24) is 9.78 Å². The third kappa shape index (κ3) is 2.02. The second-order valence-electron chi connectivity index (χ2n) is 4.32. The fourth-order valence-corrected chi connectivity index (χ4v) is 2.38. The molecule has 0 bridgehead atoms. The van der Waals surface area contributed by atoms with Crippen LogP contribution >= 0.6 is 11.6 Å². The lowest BCUT2D eigenvalue weighted by Crippen LogP contribution is -2.01. The Hall–Kier alpha value is -2.40. The molecule has 0 saturated heterocycles. The molecule has 1 heterocycles. The highest BCUT2D eigenvalue weighted by atomic mass is 35.5. The van der Waals surface area contributed by atoms with Crippen molar-refractivity contribution >= 4 is 28.2 Å². The quantitative estimate of drug-likeness (QED) is 0.419. The van der Waals surface area contributed by atoms with Crippen LogP contribution in [0, 0.1) is 10.1 Å². The van der Waals surface area contributed by atoms with Gasteiger partial charge in [-0.05, 0) is 17.7 Å². The number of halogens is 1. The first-order valence-corrected chi connectivity index (χ1v) is 6.50. The lowest BCUT2D eigenvalue weighted by Gasteiger charge is -2.08. The predicted molar refractivity (Wildman–Crippen MR) is 77.3 cm³/mol. The average Bonchev–Trinajstić information content (AvgIpc) is 2.90. The van der Waals surface area contributed by atoms with E-state index in [1.54, 1.807) is 16.9 Å². The van der Waals surface area contributed by atoms with Gasteiger partial charge >= 0.3 is 0 Å². The molecule has 6 heteroatoms. The van der Waals surface area contributed by atoms with Crippen molar-refractivity contribution < 1.29 is 4.92 Å². The number of fused-ring (bicyclic) bond motifs is 1. The summed E-state index contributed by atoms with van der Waals surface area (Å²) < 4.78 is 1.75. The third-order valence-electron chi connectivity index (χ3n) is 3.12. The normalized spacial score (nSPS) is 10.8. The fourth-order valence-electron chi connectivity index (χ4n) is 2.16. The van der Waals surface area contributed by atoms with Crippen molar-refractivity contribution in [1.29, 1.82) is 0 Å². The van der Waals surface area contributed by atoms with Gasteiger partial charge in [0.15, 0.2) is 0 Å². The van der Waals surface area contributed by atoms with E-state index in [9.17, 15) is 10.1 Å². The van der Waals surface area contributed by atoms with Crippen LogP contribution in [-0.2, 0) is 5.88 Å². The molecule has 0 atom stereocenters. The summed E-state index contributed by atoms with van der Waals surface area (Å²) in [6, 6.07) is 12.4. The van der Waals surface area contributed by atoms with Gasteiger partial charge in [-0.1, -0.05) is 18.2 Å². The molecule has 0 unspecified atom stereocenters. The molecule has 0 radical (unpaired) electrons. The minimum atomic E-state index is -0.430. The van der Waals surface area contributed by atoms with Gasteiger partial charge in [-0.15, -0.1) is 11.6 Å². The molecule has 0 fully saturated rings. The highest BCUT2D eigenvalue weighted by Crippen LogP contribution is 2.25. The van der Waals surface area contributed by atoms with E-state index < -0.39 is 4.92 Å². The molecular weight excluding hydrogens is 278 g/mol. The zero-order valence-corrected chi connectivity index (χ0v) is 11.1. The number of non-ortho nitro benzene ring substituents is 1. The van der Waals surface area contributed by atoms with E-state index in [0.717, 1.165) is 16.6 Å². The Balaban J connectivity index is 2.21. The minimum absolute atomic E-state index is 0.0286. The summed E-state index contributed by atoms with van der Waals surface area (Å²) >= 11 is 5.91. The fraction of sp³-hybridized carbons (Fsp3) is 0.0714. The Morgan fingerprint density at radius 2 is 2.05 bits per heavy atom. The van der Waals surface area contributed by atoms with Gasteiger partial charge in [-0.3, -0.25) is 10.1 Å². The highest BCUT2D eigenvalue weighted by Gasteiger charge is 2.13. The number of rotatable bonds is 3. The number of alkyl halides is 1. The predicted octanol–water partition coefficient (Wildman–Crippen LogP) is 3.67. The number of nitrogens with zero attached hydrogens (tertiary/aromatic N) is 3. The van der Waals surface area contributed by atoms with Crippen molar-refractivity contribution in [3.05, 3.63) is 64.3 Å². The molecule has 3 aromatic rings. The largest absolute Gasteiger partial charge is 0.269 e. The molecule has 20 heavy (non-hydrogen) atoms. The smallest absolute Gasteiger partial charge is 0.258 e. The summed E-state index contributed by atoms with van der Waals surface area (Å²) in [4.78, 5) is 10.4. The molecule has 3 rings (SSSR count). The summed E-state index contributed by atoms with van der Waals surface area (Å²) in [5.41, 5.74) is 2.40. The maximum absolute atomic E-state index is 10.8. The Morgan fingerprint density at radius 3 is 2.80 bits per heavy atom. The number of nitro benzene ring substituents is 1. The summed E-state index contributed by atoms with van der Waals surface area (Å²) in [6.45, 7) is 0. The van der Waals surface area contributed by atoms with Crippen molar-refractivity contribution in [2.45, 2.75) is 5.88 Å². The first-order chi connectivity index (χ1) is 9.70. The van der Waals surface area contributed by atoms with E-state index in [1.807, 2.05) is 24.3 Å². The Morgan fingerprint density at radius 1 is 1.25 bits per heavy atom. The second-order valence-corrected chi connectivity index (χ2v) is 4.59. The first-order valence-electron chi connectivity index (χ1n) is 5.97. The number of hydrogen-bond acceptors (Lipinski definition) is 3. The van der Waals surface area contributed by atoms with Crippen LogP contribution in [0.15, 0.2) is 48.7 Å². The zero-order chi connectivity index (χ0) is 14.1. The van der Waals surface area contributed by atoms with Crippen molar-refractivity contribution in [3.63, 3.8) is 0 Å². The van der Waals surface area contributed by atoms with Gasteiger partial charge in [0.2, 0.25) is 0 Å². The van der Waals surface area contributed by atoms with Gasteiger partial charge in [-0.25, -0.2) is 4.68 Å². The molecule has 5 nitrogen and oxygen atoms in total. The summed E-state index contributed by atoms with van der Waals surface area (Å²) in [6.07, 6.45) is 1.76. The SMILES string of the molecule is O=[N+]([O-])c1ccc(-n2ncc3ccccc32)c(CCl)c1. The van der Waals surface area contributed by atoms with Crippen molar-refractivity contribution in [2.75, 3.05) is 0 Å². The molecule has 0 aliphatic rings. The molecule has 0 aliphatic carbocycles. The van der Waals surface area contributed by atoms with Crippen LogP contribution < -0.4 is 0 Å². The zero-order valence-electron chi connectivity index (χ0n) is 10.4. The van der Waals surface area contributed by atoms with Crippen LogP contribution in [0.2, 0.25) is 0 Å². The van der Waals surface area contributed by atoms with Crippen molar-refractivity contribution in [2.24, 2.45) is 0 Å². The summed E-state index contributed by atoms with van der Waals surface area (Å²) in [7, 11) is 0. The van der Waals surface area contributed by atoms with Crippen LogP contribution in [0.5, 0.6) is 0 Å². The Bertz CT molecular complexity index is 798. The second kappa shape index (κ2) is 4.94. The van der Waals surface area contributed by atoms with E-state index in [4.69, 9.17) is 11.6 Å². The number of benzene rings is 2. The lowest BCUT2D eigenvalue weighted by atomic mass is 10.1. The molecule has 1 aromatic heterocycles. The first kappa shape index (κ1) is 12.6. The Labute approximate surface area is 119 Å². The lowest BCUT2D eigenvalue weighted by molar-refractivity contribution is -0.384. The van der Waals surface area contributed by atoms with Crippen LogP contribution in [0.3, 0.4) is 0 Å². The topological polar surface area (TPSA) is 61.0 Å². The molecule has 0 spiro atoms. The minimum Gasteiger partial charge on any atom is -0.258 e. The van der Waals surface area contributed by atoms with E-state index in [-0.39, 0.29) is 11.6 Å². The van der Waals surface area contributed by atoms with Crippen LogP contribution in [0.1, 0.15) is 5.56 Å². The maximum atomic E-state index is 10.8. The van der Waals surface area contributed by atoms with E-state index in [2.05, 4.69) is 5.10 Å². The third-order valence-corrected chi connectivity index (χ3v) is 3.41. The summed E-state index contributed by atoms with van der Waals surface area (Å²) in [5.74, 6) is 0.186. The molecule has 0 N–H and O–H groups in total.